The van der Waals surface area contributed by atoms with Crippen LogP contribution in [0.4, 0.5) is 34.1 Å². The summed E-state index contributed by atoms with van der Waals surface area (Å²) in [6, 6.07) is 59.7. The molecule has 0 atom stereocenters. The van der Waals surface area contributed by atoms with Crippen LogP contribution in [0.25, 0.3) is 0 Å². The average molecular weight is 763 g/mol. The summed E-state index contributed by atoms with van der Waals surface area (Å²) in [7, 11) is 0. The van der Waals surface area contributed by atoms with Crippen molar-refractivity contribution in [1.29, 1.82) is 0 Å². The van der Waals surface area contributed by atoms with Crippen molar-refractivity contribution in [3.63, 3.8) is 0 Å². The van der Waals surface area contributed by atoms with Gasteiger partial charge in [0, 0.05) is 44.4 Å². The normalized spacial score (nSPS) is 16.4. The summed E-state index contributed by atoms with van der Waals surface area (Å²) >= 11 is 7.84. The van der Waals surface area contributed by atoms with E-state index in [1.807, 2.05) is 0 Å². The molecule has 0 bridgehead atoms. The van der Waals surface area contributed by atoms with Crippen LogP contribution >= 0.6 is 11.6 Å². The molecule has 0 aromatic heterocycles. The molecule has 0 fully saturated rings. The van der Waals surface area contributed by atoms with Crippen LogP contribution in [-0.4, -0.2) is 0 Å². The first-order chi connectivity index (χ1) is 27.2. The number of benzene rings is 7. The lowest BCUT2D eigenvalue weighted by Crippen LogP contribution is -2.36. The van der Waals surface area contributed by atoms with E-state index in [4.69, 9.17) is 11.6 Å². The summed E-state index contributed by atoms with van der Waals surface area (Å²) in [5, 5.41) is 0.676. The van der Waals surface area contributed by atoms with Crippen LogP contribution in [0.1, 0.15) is 99.9 Å². The minimum Gasteiger partial charge on any atom is -0.309 e. The van der Waals surface area contributed by atoms with Gasteiger partial charge in [0.15, 0.2) is 0 Å². The maximum Gasteiger partial charge on any atom is 0.0887 e. The Balaban J connectivity index is 1.23. The van der Waals surface area contributed by atoms with E-state index in [0.29, 0.717) is 5.02 Å². The van der Waals surface area contributed by atoms with Crippen molar-refractivity contribution in [3.8, 4) is 0 Å². The zero-order valence-corrected chi connectivity index (χ0v) is 35.1. The quantitative estimate of drug-likeness (QED) is 0.166. The predicted octanol–water partition coefficient (Wildman–Crippen LogP) is 15.2. The zero-order chi connectivity index (χ0) is 39.9. The molecule has 0 saturated heterocycles. The van der Waals surface area contributed by atoms with Crippen molar-refractivity contribution in [2.24, 2.45) is 0 Å². The Kier molecular flexibility index (Phi) is 8.61. The van der Waals surface area contributed by atoms with Gasteiger partial charge in [0.1, 0.15) is 0 Å². The number of anilines is 6. The minimum atomic E-state index is -0.190. The topological polar surface area (TPSA) is 6.48 Å². The summed E-state index contributed by atoms with van der Waals surface area (Å²) in [6.07, 6.45) is 0. The SMILES string of the molecule is CC1(C)c2ccccc2C(C)(C)c2cc(N(c3ccccc3)c3cccc(N(c4ccccc4)c4ccc5c(c4)C(C)(C)c4ccccc4C5(C)C)c3Cl)ccc21. The molecular formula is C54H51ClN2. The Morgan fingerprint density at radius 1 is 0.298 bits per heavy atom. The molecule has 0 heterocycles. The number of fused-ring (bicyclic) bond motifs is 4. The third-order valence-electron chi connectivity index (χ3n) is 13.2. The van der Waals surface area contributed by atoms with E-state index in [0.717, 1.165) is 34.1 Å². The maximum absolute atomic E-state index is 7.84. The van der Waals surface area contributed by atoms with Gasteiger partial charge in [-0.3, -0.25) is 0 Å². The van der Waals surface area contributed by atoms with Gasteiger partial charge < -0.3 is 9.80 Å². The second-order valence-electron chi connectivity index (χ2n) is 18.0. The fourth-order valence-electron chi connectivity index (χ4n) is 10.1. The third-order valence-corrected chi connectivity index (χ3v) is 13.6. The second-order valence-corrected chi connectivity index (χ2v) is 18.4. The Bertz CT molecular complexity index is 2470. The molecule has 7 aromatic carbocycles. The van der Waals surface area contributed by atoms with Crippen LogP contribution in [0.5, 0.6) is 0 Å². The van der Waals surface area contributed by atoms with E-state index in [2.05, 4.69) is 229 Å². The molecule has 2 nitrogen and oxygen atoms in total. The number of rotatable bonds is 6. The highest BCUT2D eigenvalue weighted by Gasteiger charge is 2.43. The van der Waals surface area contributed by atoms with Gasteiger partial charge in [0.25, 0.3) is 0 Å². The van der Waals surface area contributed by atoms with E-state index in [1.54, 1.807) is 0 Å². The third kappa shape index (κ3) is 5.67. The highest BCUT2D eigenvalue weighted by atomic mass is 35.5. The van der Waals surface area contributed by atoms with Crippen molar-refractivity contribution in [1.82, 2.24) is 0 Å². The first kappa shape index (κ1) is 37.0. The van der Waals surface area contributed by atoms with Crippen LogP contribution in [0, 0.1) is 0 Å². The molecule has 284 valence electrons. The van der Waals surface area contributed by atoms with Gasteiger partial charge in [-0.2, -0.15) is 0 Å². The number of nitrogens with zero attached hydrogens (tertiary/aromatic N) is 2. The van der Waals surface area contributed by atoms with Gasteiger partial charge in [0.05, 0.1) is 16.4 Å². The largest absolute Gasteiger partial charge is 0.309 e. The molecule has 0 N–H and O–H groups in total. The van der Waals surface area contributed by atoms with Crippen LogP contribution in [0.3, 0.4) is 0 Å². The summed E-state index contributed by atoms with van der Waals surface area (Å²) in [5.74, 6) is 0. The first-order valence-corrected chi connectivity index (χ1v) is 20.6. The van der Waals surface area contributed by atoms with E-state index in [1.165, 1.54) is 44.5 Å². The van der Waals surface area contributed by atoms with Crippen LogP contribution < -0.4 is 9.80 Å². The molecule has 57 heavy (non-hydrogen) atoms. The highest BCUT2D eigenvalue weighted by molar-refractivity contribution is 6.36. The van der Waals surface area contributed by atoms with Crippen molar-refractivity contribution in [2.75, 3.05) is 9.80 Å². The van der Waals surface area contributed by atoms with Gasteiger partial charge >= 0.3 is 0 Å². The molecule has 7 aromatic rings. The van der Waals surface area contributed by atoms with E-state index in [-0.39, 0.29) is 21.7 Å². The molecule has 2 aliphatic carbocycles. The number of para-hydroxylation sites is 2. The standard InChI is InChI=1S/C54H51ClN2/c1-51(2)40-24-15-17-26-42(40)53(5,6)46-34-38(30-32-44(46)51)56(36-20-11-9-12-21-36)48-28-19-29-49(50(48)55)57(37-22-13-10-14-23-37)39-31-33-45-47(35-39)54(7,8)43-27-18-16-25-41(43)52(45,3)4/h9-35H,1-8H3. The fraction of sp³-hybridized carbons (Fsp3) is 0.222. The Morgan fingerprint density at radius 3 is 0.947 bits per heavy atom. The predicted molar refractivity (Wildman–Crippen MR) is 242 cm³/mol. The Hall–Kier alpha value is -5.57. The highest BCUT2D eigenvalue weighted by Crippen LogP contribution is 2.54. The lowest BCUT2D eigenvalue weighted by atomic mass is 9.60. The molecule has 0 amide bonds. The van der Waals surface area contributed by atoms with Crippen LogP contribution in [0.15, 0.2) is 164 Å². The average Bonchev–Trinajstić information content (AvgIpc) is 3.22. The molecule has 0 radical (unpaired) electrons. The van der Waals surface area contributed by atoms with Crippen molar-refractivity contribution < 1.29 is 0 Å². The lowest BCUT2D eigenvalue weighted by molar-refractivity contribution is 0.521. The number of hydrogen-bond acceptors (Lipinski definition) is 2. The molecule has 2 aliphatic rings. The summed E-state index contributed by atoms with van der Waals surface area (Å²) in [4.78, 5) is 4.66. The Morgan fingerprint density at radius 2 is 0.596 bits per heavy atom. The molecule has 0 unspecified atom stereocenters. The number of hydrogen-bond donors (Lipinski definition) is 0. The second kappa shape index (κ2) is 13.3. The molecule has 9 rings (SSSR count). The maximum atomic E-state index is 7.84. The van der Waals surface area contributed by atoms with Gasteiger partial charge in [0.2, 0.25) is 0 Å². The monoisotopic (exact) mass is 762 g/mol. The van der Waals surface area contributed by atoms with Crippen LogP contribution in [0.2, 0.25) is 5.02 Å². The summed E-state index contributed by atoms with van der Waals surface area (Å²) in [5.41, 5.74) is 16.4. The van der Waals surface area contributed by atoms with Crippen molar-refractivity contribution in [2.45, 2.75) is 77.0 Å². The van der Waals surface area contributed by atoms with E-state index >= 15 is 0 Å². The van der Waals surface area contributed by atoms with Gasteiger partial charge in [-0.05, 0) is 105 Å². The molecule has 0 aliphatic heterocycles. The smallest absolute Gasteiger partial charge is 0.0887 e. The molecule has 3 heteroatoms. The van der Waals surface area contributed by atoms with Crippen LogP contribution in [-0.2, 0) is 21.7 Å². The zero-order valence-electron chi connectivity index (χ0n) is 34.4. The van der Waals surface area contributed by atoms with Gasteiger partial charge in [-0.15, -0.1) is 0 Å². The van der Waals surface area contributed by atoms with Crippen molar-refractivity contribution in [3.05, 3.63) is 213 Å². The number of halogens is 1. The molecule has 0 saturated carbocycles. The van der Waals surface area contributed by atoms with Gasteiger partial charge in [-0.25, -0.2) is 0 Å². The summed E-state index contributed by atoms with van der Waals surface area (Å²) in [6.45, 7) is 18.9. The summed E-state index contributed by atoms with van der Waals surface area (Å²) < 4.78 is 0. The molecule has 0 spiro atoms. The van der Waals surface area contributed by atoms with Crippen molar-refractivity contribution >= 4 is 45.7 Å². The minimum absolute atomic E-state index is 0.133. The van der Waals surface area contributed by atoms with Gasteiger partial charge in [-0.1, -0.05) is 170 Å². The Labute approximate surface area is 344 Å². The van der Waals surface area contributed by atoms with E-state index in [9.17, 15) is 0 Å². The first-order valence-electron chi connectivity index (χ1n) is 20.2. The van der Waals surface area contributed by atoms with E-state index < -0.39 is 0 Å². The lowest BCUT2D eigenvalue weighted by Gasteiger charge is -2.44. The fourth-order valence-corrected chi connectivity index (χ4v) is 10.4. The molecular weight excluding hydrogens is 712 g/mol.